The Labute approximate surface area is 131 Å². The number of nitrogens with zero attached hydrogens (tertiary/aromatic N) is 1. The molecule has 0 aliphatic carbocycles. The van der Waals surface area contributed by atoms with E-state index in [9.17, 15) is 9.59 Å². The topological polar surface area (TPSA) is 92.3 Å². The van der Waals surface area contributed by atoms with Crippen molar-refractivity contribution in [1.29, 1.82) is 5.26 Å². The van der Waals surface area contributed by atoms with E-state index in [0.29, 0.717) is 5.69 Å². The Balaban J connectivity index is 1.89. The van der Waals surface area contributed by atoms with Gasteiger partial charge in [-0.1, -0.05) is 12.1 Å². The SMILES string of the molecule is N#CCSc1ccccc1NC(=O)COC(=O)c1ccoc1. The standard InChI is InChI=1S/C15H12N2O4S/c16-6-8-22-13-4-2-1-3-12(13)17-14(18)10-21-15(19)11-5-7-20-9-11/h1-5,7,9H,8,10H2,(H,17,18). The summed E-state index contributed by atoms with van der Waals surface area (Å²) >= 11 is 1.32. The highest BCUT2D eigenvalue weighted by Crippen LogP contribution is 2.26. The Morgan fingerprint density at radius 3 is 2.86 bits per heavy atom. The van der Waals surface area contributed by atoms with Gasteiger partial charge in [-0.3, -0.25) is 4.79 Å². The number of ether oxygens (including phenoxy) is 1. The normalized spacial score (nSPS) is 9.77. The van der Waals surface area contributed by atoms with E-state index in [1.807, 2.05) is 12.1 Å². The molecule has 0 bridgehead atoms. The van der Waals surface area contributed by atoms with Crippen molar-refractivity contribution in [3.05, 3.63) is 48.4 Å². The molecule has 0 fully saturated rings. The quantitative estimate of drug-likeness (QED) is 0.650. The number of thioether (sulfide) groups is 1. The molecule has 112 valence electrons. The fraction of sp³-hybridized carbons (Fsp3) is 0.133. The van der Waals surface area contributed by atoms with Crippen LogP contribution in [0.2, 0.25) is 0 Å². The Morgan fingerprint density at radius 1 is 1.32 bits per heavy atom. The van der Waals surface area contributed by atoms with Crippen molar-refractivity contribution in [3.63, 3.8) is 0 Å². The zero-order valence-corrected chi connectivity index (χ0v) is 12.3. The molecule has 7 heteroatoms. The molecule has 1 heterocycles. The molecule has 0 radical (unpaired) electrons. The van der Waals surface area contributed by atoms with E-state index in [1.165, 1.54) is 30.4 Å². The van der Waals surface area contributed by atoms with Gasteiger partial charge >= 0.3 is 5.97 Å². The Morgan fingerprint density at radius 2 is 2.14 bits per heavy atom. The van der Waals surface area contributed by atoms with Crippen molar-refractivity contribution in [3.8, 4) is 6.07 Å². The molecule has 22 heavy (non-hydrogen) atoms. The lowest BCUT2D eigenvalue weighted by Gasteiger charge is -2.09. The van der Waals surface area contributed by atoms with Crippen LogP contribution in [0.5, 0.6) is 0 Å². The van der Waals surface area contributed by atoms with Gasteiger partial charge in [0.15, 0.2) is 6.61 Å². The average molecular weight is 316 g/mol. The minimum absolute atomic E-state index is 0.248. The molecule has 0 aliphatic heterocycles. The van der Waals surface area contributed by atoms with Gasteiger partial charge in [0.25, 0.3) is 5.91 Å². The van der Waals surface area contributed by atoms with E-state index in [0.717, 1.165) is 4.90 Å². The molecule has 1 amide bonds. The molecule has 0 aliphatic rings. The van der Waals surface area contributed by atoms with Crippen LogP contribution in [-0.4, -0.2) is 24.2 Å². The number of rotatable bonds is 6. The summed E-state index contributed by atoms with van der Waals surface area (Å²) in [5.41, 5.74) is 0.824. The third-order valence-corrected chi connectivity index (χ3v) is 3.49. The molecular formula is C15H12N2O4S. The molecule has 2 rings (SSSR count). The largest absolute Gasteiger partial charge is 0.472 e. The molecule has 0 atom stereocenters. The van der Waals surface area contributed by atoms with E-state index >= 15 is 0 Å². The minimum atomic E-state index is -0.629. The first-order valence-corrected chi connectivity index (χ1v) is 7.27. The smallest absolute Gasteiger partial charge is 0.341 e. The van der Waals surface area contributed by atoms with Crippen LogP contribution >= 0.6 is 11.8 Å². The van der Waals surface area contributed by atoms with Gasteiger partial charge in [-0.05, 0) is 18.2 Å². The molecule has 1 aromatic carbocycles. The zero-order valence-electron chi connectivity index (χ0n) is 11.4. The van der Waals surface area contributed by atoms with Crippen molar-refractivity contribution in [2.45, 2.75) is 4.90 Å². The first-order valence-electron chi connectivity index (χ1n) is 6.28. The summed E-state index contributed by atoms with van der Waals surface area (Å²) in [6.45, 7) is -0.402. The predicted molar refractivity (Wildman–Crippen MR) is 80.4 cm³/mol. The number of anilines is 1. The van der Waals surface area contributed by atoms with Crippen LogP contribution in [0.15, 0.2) is 52.2 Å². The summed E-state index contributed by atoms with van der Waals surface area (Å²) in [4.78, 5) is 24.2. The van der Waals surface area contributed by atoms with Crippen molar-refractivity contribution in [2.24, 2.45) is 0 Å². The van der Waals surface area contributed by atoms with Crippen molar-refractivity contribution >= 4 is 29.3 Å². The Bertz CT molecular complexity index is 692. The summed E-state index contributed by atoms with van der Waals surface area (Å²) in [6.07, 6.45) is 2.59. The second-order valence-electron chi connectivity index (χ2n) is 4.08. The van der Waals surface area contributed by atoms with Gasteiger partial charge in [0.2, 0.25) is 0 Å². The highest BCUT2D eigenvalue weighted by Gasteiger charge is 2.12. The summed E-state index contributed by atoms with van der Waals surface area (Å²) in [5.74, 6) is -0.805. The predicted octanol–water partition coefficient (Wildman–Crippen LogP) is 2.69. The van der Waals surface area contributed by atoms with Crippen molar-refractivity contribution in [1.82, 2.24) is 0 Å². The molecule has 1 N–H and O–H groups in total. The summed E-state index contributed by atoms with van der Waals surface area (Å²) in [6, 6.07) is 10.6. The van der Waals surface area contributed by atoms with Gasteiger partial charge in [-0.2, -0.15) is 5.26 Å². The molecule has 1 aromatic heterocycles. The summed E-state index contributed by atoms with van der Waals surface area (Å²) in [7, 11) is 0. The van der Waals surface area contributed by atoms with Crippen LogP contribution in [0.1, 0.15) is 10.4 Å². The number of esters is 1. The number of benzene rings is 1. The van der Waals surface area contributed by atoms with Gasteiger partial charge in [0.05, 0.1) is 29.3 Å². The lowest BCUT2D eigenvalue weighted by Crippen LogP contribution is -2.21. The van der Waals surface area contributed by atoms with Crippen molar-refractivity contribution < 1.29 is 18.7 Å². The number of carbonyl (C=O) groups excluding carboxylic acids is 2. The van der Waals surface area contributed by atoms with Crippen LogP contribution in [0.25, 0.3) is 0 Å². The van der Waals surface area contributed by atoms with E-state index in [-0.39, 0.29) is 11.3 Å². The number of hydrogen-bond acceptors (Lipinski definition) is 6. The number of hydrogen-bond donors (Lipinski definition) is 1. The van der Waals surface area contributed by atoms with E-state index in [4.69, 9.17) is 14.4 Å². The van der Waals surface area contributed by atoms with Crippen molar-refractivity contribution in [2.75, 3.05) is 17.7 Å². The monoisotopic (exact) mass is 316 g/mol. The molecule has 0 unspecified atom stereocenters. The van der Waals surface area contributed by atoms with Crippen LogP contribution in [0.3, 0.4) is 0 Å². The van der Waals surface area contributed by atoms with Crippen LogP contribution in [-0.2, 0) is 9.53 Å². The van der Waals surface area contributed by atoms with Gasteiger partial charge in [-0.25, -0.2) is 4.79 Å². The first-order chi connectivity index (χ1) is 10.7. The molecule has 0 spiro atoms. The third kappa shape index (κ3) is 4.40. The number of para-hydroxylation sites is 1. The van der Waals surface area contributed by atoms with Crippen LogP contribution < -0.4 is 5.32 Å². The Hall–Kier alpha value is -2.72. The number of amides is 1. The maximum Gasteiger partial charge on any atom is 0.341 e. The molecule has 6 nitrogen and oxygen atoms in total. The maximum atomic E-state index is 11.8. The van der Waals surface area contributed by atoms with Gasteiger partial charge in [0, 0.05) is 4.90 Å². The molecular weight excluding hydrogens is 304 g/mol. The summed E-state index contributed by atoms with van der Waals surface area (Å²) in [5, 5.41) is 11.3. The fourth-order valence-corrected chi connectivity index (χ4v) is 2.26. The third-order valence-electron chi connectivity index (χ3n) is 2.54. The number of nitriles is 1. The molecule has 0 saturated carbocycles. The van der Waals surface area contributed by atoms with Gasteiger partial charge < -0.3 is 14.5 Å². The number of nitrogens with one attached hydrogen (secondary N) is 1. The summed E-state index contributed by atoms with van der Waals surface area (Å²) < 4.78 is 9.63. The number of furan rings is 1. The molecule has 0 saturated heterocycles. The average Bonchev–Trinajstić information content (AvgIpc) is 3.06. The highest BCUT2D eigenvalue weighted by molar-refractivity contribution is 7.99. The highest BCUT2D eigenvalue weighted by atomic mass is 32.2. The second kappa shape index (κ2) is 7.90. The van der Waals surface area contributed by atoms with Crippen LogP contribution in [0.4, 0.5) is 5.69 Å². The first kappa shape index (κ1) is 15.7. The number of carbonyl (C=O) groups is 2. The fourth-order valence-electron chi connectivity index (χ4n) is 1.59. The van der Waals surface area contributed by atoms with E-state index in [2.05, 4.69) is 5.32 Å². The van der Waals surface area contributed by atoms with Gasteiger partial charge in [0.1, 0.15) is 6.26 Å². The van der Waals surface area contributed by atoms with Crippen LogP contribution in [0, 0.1) is 11.3 Å². The van der Waals surface area contributed by atoms with Gasteiger partial charge in [-0.15, -0.1) is 11.8 Å². The second-order valence-corrected chi connectivity index (χ2v) is 5.10. The van der Waals surface area contributed by atoms with E-state index in [1.54, 1.807) is 18.2 Å². The molecule has 2 aromatic rings. The Kier molecular flexibility index (Phi) is 5.63. The minimum Gasteiger partial charge on any atom is -0.472 e. The lowest BCUT2D eigenvalue weighted by atomic mass is 10.3. The lowest BCUT2D eigenvalue weighted by molar-refractivity contribution is -0.119. The maximum absolute atomic E-state index is 11.8. The zero-order chi connectivity index (χ0) is 15.8. The van der Waals surface area contributed by atoms with E-state index < -0.39 is 18.5 Å².